The molecule has 0 bridgehead atoms. The Kier molecular flexibility index (Phi) is 4.86. The number of thiophene rings is 1. The summed E-state index contributed by atoms with van der Waals surface area (Å²) in [7, 11) is -3.42. The second-order valence-corrected chi connectivity index (χ2v) is 7.85. The summed E-state index contributed by atoms with van der Waals surface area (Å²) in [6.45, 7) is -0.0442. The first-order valence-corrected chi connectivity index (χ1v) is 9.91. The number of oxazole rings is 1. The fourth-order valence-corrected chi connectivity index (χ4v) is 3.24. The fraction of sp³-hybridized carbons (Fsp3) is 0.125. The van der Waals surface area contributed by atoms with Gasteiger partial charge in [0.05, 0.1) is 16.7 Å². The van der Waals surface area contributed by atoms with Gasteiger partial charge in [0, 0.05) is 5.69 Å². The molecule has 3 aromatic rings. The van der Waals surface area contributed by atoms with Crippen LogP contribution in [0.2, 0.25) is 0 Å². The van der Waals surface area contributed by atoms with Crippen LogP contribution in [0.1, 0.15) is 16.1 Å². The molecular weight excluding hydrogens is 364 g/mol. The van der Waals surface area contributed by atoms with Crippen LogP contribution >= 0.6 is 11.3 Å². The van der Waals surface area contributed by atoms with Crippen molar-refractivity contribution < 1.29 is 22.4 Å². The maximum absolute atomic E-state index is 12.1. The third-order valence-electron chi connectivity index (χ3n) is 3.04. The van der Waals surface area contributed by atoms with Crippen LogP contribution in [0.3, 0.4) is 0 Å². The normalized spacial score (nSPS) is 11.2. The van der Waals surface area contributed by atoms with Crippen molar-refractivity contribution in [3.05, 3.63) is 59.3 Å². The zero-order valence-electron chi connectivity index (χ0n) is 13.1. The van der Waals surface area contributed by atoms with Crippen LogP contribution in [0.25, 0.3) is 10.8 Å². The van der Waals surface area contributed by atoms with E-state index in [0.29, 0.717) is 17.3 Å². The van der Waals surface area contributed by atoms with Gasteiger partial charge in [0.25, 0.3) is 0 Å². The number of aromatic nitrogens is 1. The number of carbonyl (C=O) groups is 1. The predicted octanol–water partition coefficient (Wildman–Crippen LogP) is 3.13. The van der Waals surface area contributed by atoms with Crippen LogP contribution in [-0.2, 0) is 21.4 Å². The van der Waals surface area contributed by atoms with E-state index >= 15 is 0 Å². The molecule has 2 heterocycles. The smallest absolute Gasteiger partial charge is 0.338 e. The van der Waals surface area contributed by atoms with Crippen molar-refractivity contribution in [2.24, 2.45) is 0 Å². The van der Waals surface area contributed by atoms with Crippen molar-refractivity contribution >= 4 is 33.0 Å². The largest absolute Gasteiger partial charge is 0.455 e. The van der Waals surface area contributed by atoms with Gasteiger partial charge >= 0.3 is 5.97 Å². The lowest BCUT2D eigenvalue weighted by Crippen LogP contribution is -2.11. The molecule has 1 N–H and O–H groups in total. The average Bonchev–Trinajstić information content (AvgIpc) is 3.22. The number of carbonyl (C=O) groups excluding carboxylic acids is 1. The topological polar surface area (TPSA) is 98.5 Å². The summed E-state index contributed by atoms with van der Waals surface area (Å²) in [5.74, 6) is -0.113. The van der Waals surface area contributed by atoms with E-state index in [9.17, 15) is 13.2 Å². The molecule has 0 aliphatic heterocycles. The summed E-state index contributed by atoms with van der Waals surface area (Å²) in [4.78, 5) is 17.3. The zero-order valence-corrected chi connectivity index (χ0v) is 14.8. The summed E-state index contributed by atoms with van der Waals surface area (Å²) in [5, 5.41) is 1.91. The summed E-state index contributed by atoms with van der Waals surface area (Å²) < 4.78 is 35.3. The number of ether oxygens (including phenoxy) is 1. The summed E-state index contributed by atoms with van der Waals surface area (Å²) in [5.41, 5.74) is 1.01. The number of rotatable bonds is 6. The third-order valence-corrected chi connectivity index (χ3v) is 4.50. The highest BCUT2D eigenvalue weighted by molar-refractivity contribution is 7.92. The first kappa shape index (κ1) is 17.2. The molecule has 0 saturated heterocycles. The Labute approximate surface area is 148 Å². The van der Waals surface area contributed by atoms with Crippen LogP contribution < -0.4 is 4.72 Å². The molecule has 0 unspecified atom stereocenters. The summed E-state index contributed by atoms with van der Waals surface area (Å²) >= 11 is 1.50. The molecule has 0 radical (unpaired) electrons. The monoisotopic (exact) mass is 378 g/mol. The van der Waals surface area contributed by atoms with Gasteiger partial charge in [-0.3, -0.25) is 4.72 Å². The van der Waals surface area contributed by atoms with Crippen LogP contribution in [0.15, 0.2) is 52.5 Å². The molecule has 0 atom stereocenters. The van der Waals surface area contributed by atoms with Crippen LogP contribution in [0, 0.1) is 0 Å². The number of anilines is 1. The molecule has 1 aromatic carbocycles. The van der Waals surface area contributed by atoms with Crippen molar-refractivity contribution in [3.8, 4) is 10.8 Å². The van der Waals surface area contributed by atoms with Gasteiger partial charge in [0.2, 0.25) is 15.9 Å². The highest BCUT2D eigenvalue weighted by atomic mass is 32.2. The molecule has 2 aromatic heterocycles. The molecule has 25 heavy (non-hydrogen) atoms. The Morgan fingerprint density at radius 1 is 1.32 bits per heavy atom. The molecule has 7 nitrogen and oxygen atoms in total. The number of hydrogen-bond donors (Lipinski definition) is 1. The van der Waals surface area contributed by atoms with Gasteiger partial charge in [-0.15, -0.1) is 11.3 Å². The van der Waals surface area contributed by atoms with Crippen LogP contribution in [-0.4, -0.2) is 25.6 Å². The van der Waals surface area contributed by atoms with Crippen LogP contribution in [0.4, 0.5) is 5.69 Å². The maximum Gasteiger partial charge on any atom is 0.338 e. The Bertz CT molecular complexity index is 978. The number of benzene rings is 1. The van der Waals surface area contributed by atoms with Gasteiger partial charge in [0.1, 0.15) is 18.6 Å². The standard InChI is InChI=1S/C16H14N2O5S2/c1-25(20,21)18-12-5-2-4-11(8-12)16(19)23-10-13-9-22-15(17-13)14-6-3-7-24-14/h2-9,18H,10H2,1H3. The van der Waals surface area contributed by atoms with Crippen molar-refractivity contribution in [2.45, 2.75) is 6.61 Å². The number of sulfonamides is 1. The quantitative estimate of drug-likeness (QED) is 0.662. The van der Waals surface area contributed by atoms with E-state index in [1.807, 2.05) is 17.5 Å². The van der Waals surface area contributed by atoms with Crippen molar-refractivity contribution in [3.63, 3.8) is 0 Å². The molecule has 0 saturated carbocycles. The van der Waals surface area contributed by atoms with Gasteiger partial charge < -0.3 is 9.15 Å². The lowest BCUT2D eigenvalue weighted by molar-refractivity contribution is 0.0468. The molecule has 130 valence electrons. The van der Waals surface area contributed by atoms with E-state index in [0.717, 1.165) is 11.1 Å². The highest BCUT2D eigenvalue weighted by Crippen LogP contribution is 2.24. The van der Waals surface area contributed by atoms with Gasteiger partial charge in [-0.05, 0) is 29.6 Å². The number of esters is 1. The fourth-order valence-electron chi connectivity index (χ4n) is 2.03. The molecular formula is C16H14N2O5S2. The molecule has 3 rings (SSSR count). The SMILES string of the molecule is CS(=O)(=O)Nc1cccc(C(=O)OCc2coc(-c3cccs3)n2)c1. The number of hydrogen-bond acceptors (Lipinski definition) is 7. The Balaban J connectivity index is 1.64. The number of nitrogens with one attached hydrogen (secondary N) is 1. The second kappa shape index (κ2) is 7.08. The zero-order chi connectivity index (χ0) is 17.9. The molecule has 0 aliphatic carbocycles. The molecule has 9 heteroatoms. The molecule has 0 fully saturated rings. The van der Waals surface area contributed by atoms with E-state index in [1.54, 1.807) is 12.1 Å². The van der Waals surface area contributed by atoms with Gasteiger partial charge in [-0.2, -0.15) is 0 Å². The molecule has 0 aliphatic rings. The lowest BCUT2D eigenvalue weighted by Gasteiger charge is -2.06. The second-order valence-electron chi connectivity index (χ2n) is 5.15. The van der Waals surface area contributed by atoms with E-state index in [-0.39, 0.29) is 12.2 Å². The van der Waals surface area contributed by atoms with E-state index < -0.39 is 16.0 Å². The van der Waals surface area contributed by atoms with Crippen molar-refractivity contribution in [1.82, 2.24) is 4.98 Å². The minimum absolute atomic E-state index is 0.0442. The van der Waals surface area contributed by atoms with Crippen LogP contribution in [0.5, 0.6) is 0 Å². The van der Waals surface area contributed by atoms with Gasteiger partial charge in [-0.25, -0.2) is 18.2 Å². The highest BCUT2D eigenvalue weighted by Gasteiger charge is 2.12. The average molecular weight is 378 g/mol. The predicted molar refractivity (Wildman–Crippen MR) is 93.8 cm³/mol. The summed E-state index contributed by atoms with van der Waals surface area (Å²) in [6, 6.07) is 9.82. The molecule has 0 spiro atoms. The third kappa shape index (κ3) is 4.68. The van der Waals surface area contributed by atoms with Crippen molar-refractivity contribution in [1.29, 1.82) is 0 Å². The summed E-state index contributed by atoms with van der Waals surface area (Å²) in [6.07, 6.45) is 2.47. The minimum atomic E-state index is -3.42. The number of nitrogens with zero attached hydrogens (tertiary/aromatic N) is 1. The Hall–Kier alpha value is -2.65. The lowest BCUT2D eigenvalue weighted by atomic mass is 10.2. The van der Waals surface area contributed by atoms with E-state index in [2.05, 4.69) is 9.71 Å². The first-order chi connectivity index (χ1) is 11.9. The van der Waals surface area contributed by atoms with Gasteiger partial charge in [0.15, 0.2) is 0 Å². The Morgan fingerprint density at radius 3 is 2.88 bits per heavy atom. The van der Waals surface area contributed by atoms with Crippen molar-refractivity contribution in [2.75, 3.05) is 11.0 Å². The molecule has 0 amide bonds. The maximum atomic E-state index is 12.1. The Morgan fingerprint density at radius 2 is 2.16 bits per heavy atom. The first-order valence-electron chi connectivity index (χ1n) is 7.14. The minimum Gasteiger partial charge on any atom is -0.455 e. The van der Waals surface area contributed by atoms with Gasteiger partial charge in [-0.1, -0.05) is 12.1 Å². The van der Waals surface area contributed by atoms with E-state index in [4.69, 9.17) is 9.15 Å². The van der Waals surface area contributed by atoms with E-state index in [1.165, 1.54) is 29.7 Å².